The largest absolute Gasteiger partial charge is 0.394 e. The van der Waals surface area contributed by atoms with Gasteiger partial charge in [-0.2, -0.15) is 0 Å². The summed E-state index contributed by atoms with van der Waals surface area (Å²) in [6, 6.07) is 0. The van der Waals surface area contributed by atoms with Crippen LogP contribution in [0, 0.1) is 0 Å². The standard InChI is InChI=1S/C6H12O6.C5H10/c7-1-3(9)5(11)6(12)4(10)2-8;1-4-5(2)3/h1,3-6,8-12H,2H2;4H,1-3H3. The van der Waals surface area contributed by atoms with E-state index >= 15 is 0 Å². The molecule has 17 heavy (non-hydrogen) atoms. The van der Waals surface area contributed by atoms with Crippen molar-refractivity contribution in [2.24, 2.45) is 0 Å². The van der Waals surface area contributed by atoms with Crippen molar-refractivity contribution < 1.29 is 30.3 Å². The first-order valence-corrected chi connectivity index (χ1v) is 5.19. The van der Waals surface area contributed by atoms with Crippen LogP contribution in [-0.4, -0.2) is 62.8 Å². The summed E-state index contributed by atoms with van der Waals surface area (Å²) in [5, 5.41) is 43.5. The van der Waals surface area contributed by atoms with Gasteiger partial charge in [-0.3, -0.25) is 0 Å². The molecule has 5 N–H and O–H groups in total. The third-order valence-electron chi connectivity index (χ3n) is 2.00. The lowest BCUT2D eigenvalue weighted by Crippen LogP contribution is -2.46. The highest BCUT2D eigenvalue weighted by Crippen LogP contribution is 2.02. The van der Waals surface area contributed by atoms with Gasteiger partial charge in [0.2, 0.25) is 0 Å². The molecule has 0 aromatic heterocycles. The van der Waals surface area contributed by atoms with E-state index < -0.39 is 31.0 Å². The van der Waals surface area contributed by atoms with Crippen LogP contribution in [0.3, 0.4) is 0 Å². The molecule has 4 atom stereocenters. The van der Waals surface area contributed by atoms with Gasteiger partial charge < -0.3 is 30.3 Å². The van der Waals surface area contributed by atoms with Gasteiger partial charge >= 0.3 is 0 Å². The molecule has 0 saturated carbocycles. The van der Waals surface area contributed by atoms with E-state index in [1.807, 2.05) is 6.92 Å². The molecule has 6 heteroatoms. The zero-order valence-corrected chi connectivity index (χ0v) is 10.3. The zero-order chi connectivity index (χ0) is 14.0. The summed E-state index contributed by atoms with van der Waals surface area (Å²) in [5.74, 6) is 0. The summed E-state index contributed by atoms with van der Waals surface area (Å²) < 4.78 is 0. The first-order valence-electron chi connectivity index (χ1n) is 5.19. The number of rotatable bonds is 5. The van der Waals surface area contributed by atoms with Crippen LogP contribution in [0.1, 0.15) is 20.8 Å². The summed E-state index contributed by atoms with van der Waals surface area (Å²) in [5.41, 5.74) is 1.38. The molecule has 0 heterocycles. The molecule has 0 amide bonds. The molecule has 0 spiro atoms. The van der Waals surface area contributed by atoms with Crippen molar-refractivity contribution in [3.63, 3.8) is 0 Å². The molecule has 0 bridgehead atoms. The van der Waals surface area contributed by atoms with Gasteiger partial charge in [0.15, 0.2) is 6.29 Å². The molecule has 0 rings (SSSR count). The quantitative estimate of drug-likeness (QED) is 0.302. The molecule has 0 aliphatic carbocycles. The van der Waals surface area contributed by atoms with Crippen molar-refractivity contribution in [3.05, 3.63) is 11.6 Å². The van der Waals surface area contributed by atoms with Crippen LogP contribution < -0.4 is 0 Å². The molecule has 0 aliphatic heterocycles. The zero-order valence-electron chi connectivity index (χ0n) is 10.3. The van der Waals surface area contributed by atoms with Crippen LogP contribution in [-0.2, 0) is 4.79 Å². The molecule has 4 unspecified atom stereocenters. The monoisotopic (exact) mass is 250 g/mol. The summed E-state index contributed by atoms with van der Waals surface area (Å²) in [4.78, 5) is 9.90. The van der Waals surface area contributed by atoms with E-state index in [2.05, 4.69) is 19.9 Å². The first-order chi connectivity index (χ1) is 7.81. The molecule has 6 nitrogen and oxygen atoms in total. The molecule has 0 fully saturated rings. The van der Waals surface area contributed by atoms with Gasteiger partial charge in [0, 0.05) is 0 Å². The van der Waals surface area contributed by atoms with Crippen LogP contribution in [0.15, 0.2) is 11.6 Å². The van der Waals surface area contributed by atoms with Crippen molar-refractivity contribution in [3.8, 4) is 0 Å². The van der Waals surface area contributed by atoms with Crippen molar-refractivity contribution in [1.29, 1.82) is 0 Å². The summed E-state index contributed by atoms with van der Waals surface area (Å²) >= 11 is 0. The van der Waals surface area contributed by atoms with Gasteiger partial charge in [0.05, 0.1) is 6.61 Å². The maximum atomic E-state index is 9.90. The number of carbonyl (C=O) groups is 1. The fraction of sp³-hybridized carbons (Fsp3) is 0.727. The Morgan fingerprint density at radius 1 is 1.12 bits per heavy atom. The van der Waals surface area contributed by atoms with Crippen molar-refractivity contribution >= 4 is 6.29 Å². The van der Waals surface area contributed by atoms with E-state index in [1.54, 1.807) is 0 Å². The first kappa shape index (κ1) is 18.6. The fourth-order valence-corrected chi connectivity index (χ4v) is 0.618. The Balaban J connectivity index is 0. The van der Waals surface area contributed by atoms with Crippen LogP contribution in [0.5, 0.6) is 0 Å². The Kier molecular flexibility index (Phi) is 11.3. The molecule has 0 aromatic rings. The summed E-state index contributed by atoms with van der Waals surface area (Å²) in [6.07, 6.45) is -4.76. The number of aliphatic hydroxyl groups excluding tert-OH is 5. The van der Waals surface area contributed by atoms with Gasteiger partial charge in [-0.05, 0) is 20.8 Å². The van der Waals surface area contributed by atoms with Crippen molar-refractivity contribution in [2.75, 3.05) is 6.61 Å². The predicted molar refractivity (Wildman–Crippen MR) is 62.3 cm³/mol. The topological polar surface area (TPSA) is 118 Å². The van der Waals surface area contributed by atoms with E-state index in [9.17, 15) is 4.79 Å². The summed E-state index contributed by atoms with van der Waals surface area (Å²) in [6.45, 7) is 5.44. The number of aldehydes is 1. The highest BCUT2D eigenvalue weighted by atomic mass is 16.4. The lowest BCUT2D eigenvalue weighted by atomic mass is 10.0. The SMILES string of the molecule is CC=C(C)C.O=CC(O)C(O)C(O)C(O)CO. The van der Waals surface area contributed by atoms with Crippen LogP contribution in [0.25, 0.3) is 0 Å². The Labute approximate surface area is 101 Å². The molecular formula is C11H22O6. The van der Waals surface area contributed by atoms with E-state index in [4.69, 9.17) is 25.5 Å². The maximum absolute atomic E-state index is 9.90. The number of aliphatic hydroxyl groups is 5. The Bertz CT molecular complexity index is 224. The highest BCUT2D eigenvalue weighted by Gasteiger charge is 2.29. The third kappa shape index (κ3) is 8.96. The van der Waals surface area contributed by atoms with Gasteiger partial charge in [0.1, 0.15) is 24.4 Å². The lowest BCUT2D eigenvalue weighted by molar-refractivity contribution is -0.136. The van der Waals surface area contributed by atoms with Gasteiger partial charge in [-0.25, -0.2) is 0 Å². The maximum Gasteiger partial charge on any atom is 0.151 e. The summed E-state index contributed by atoms with van der Waals surface area (Å²) in [7, 11) is 0. The molecule has 0 aliphatic rings. The molecule has 102 valence electrons. The molecule has 0 saturated heterocycles. The number of hydrogen-bond donors (Lipinski definition) is 5. The van der Waals surface area contributed by atoms with E-state index in [0.29, 0.717) is 0 Å². The minimum Gasteiger partial charge on any atom is -0.394 e. The molecule has 0 aromatic carbocycles. The van der Waals surface area contributed by atoms with Gasteiger partial charge in [0.25, 0.3) is 0 Å². The minimum atomic E-state index is -1.79. The minimum absolute atomic E-state index is 0.0258. The number of hydrogen-bond acceptors (Lipinski definition) is 6. The van der Waals surface area contributed by atoms with E-state index in [1.165, 1.54) is 5.57 Å². The Hall–Kier alpha value is -0.790. The van der Waals surface area contributed by atoms with Crippen LogP contribution >= 0.6 is 0 Å². The predicted octanol–water partition coefficient (Wildman–Crippen LogP) is -1.41. The second-order valence-corrected chi connectivity index (χ2v) is 3.72. The van der Waals surface area contributed by atoms with E-state index in [0.717, 1.165) is 0 Å². The number of allylic oxidation sites excluding steroid dienone is 2. The van der Waals surface area contributed by atoms with E-state index in [-0.39, 0.29) is 6.29 Å². The molecule has 0 radical (unpaired) electrons. The second kappa shape index (κ2) is 10.4. The van der Waals surface area contributed by atoms with Crippen LogP contribution in [0.4, 0.5) is 0 Å². The Morgan fingerprint density at radius 2 is 1.53 bits per heavy atom. The second-order valence-electron chi connectivity index (χ2n) is 3.72. The lowest BCUT2D eigenvalue weighted by Gasteiger charge is -2.22. The van der Waals surface area contributed by atoms with Crippen molar-refractivity contribution in [2.45, 2.75) is 45.2 Å². The highest BCUT2D eigenvalue weighted by molar-refractivity contribution is 5.56. The fourth-order valence-electron chi connectivity index (χ4n) is 0.618. The normalized spacial score (nSPS) is 16.9. The third-order valence-corrected chi connectivity index (χ3v) is 2.00. The Morgan fingerprint density at radius 3 is 1.76 bits per heavy atom. The smallest absolute Gasteiger partial charge is 0.151 e. The number of carbonyl (C=O) groups excluding carboxylic acids is 1. The van der Waals surface area contributed by atoms with Gasteiger partial charge in [-0.15, -0.1) is 0 Å². The average molecular weight is 250 g/mol. The van der Waals surface area contributed by atoms with Crippen molar-refractivity contribution in [1.82, 2.24) is 0 Å². The average Bonchev–Trinajstić information content (AvgIpc) is 2.35. The molecular weight excluding hydrogens is 228 g/mol. The van der Waals surface area contributed by atoms with Gasteiger partial charge in [-0.1, -0.05) is 11.6 Å². The van der Waals surface area contributed by atoms with Crippen LogP contribution in [0.2, 0.25) is 0 Å².